The number of carbonyl (C=O) groups excluding carboxylic acids is 2. The molecule has 1 fully saturated rings. The molecule has 0 aliphatic carbocycles. The summed E-state index contributed by atoms with van der Waals surface area (Å²) in [5.74, 6) is -0.703. The third-order valence-electron chi connectivity index (χ3n) is 5.72. The van der Waals surface area contributed by atoms with E-state index in [9.17, 15) is 14.9 Å². The molecule has 0 spiro atoms. The highest BCUT2D eigenvalue weighted by Crippen LogP contribution is 2.30. The lowest BCUT2D eigenvalue weighted by Gasteiger charge is -2.41. The number of aryl methyl sites for hydroxylation is 1. The molecule has 2 N–H and O–H groups in total. The second-order valence-electron chi connectivity index (χ2n) is 7.48. The molecule has 1 heterocycles. The average molecular weight is 375 g/mol. The molecule has 0 bridgehead atoms. The Morgan fingerprint density at radius 2 is 1.86 bits per heavy atom. The summed E-state index contributed by atoms with van der Waals surface area (Å²) in [4.78, 5) is 26.1. The summed E-state index contributed by atoms with van der Waals surface area (Å²) in [5.41, 5.74) is 2.31. The van der Waals surface area contributed by atoms with E-state index in [0.717, 1.165) is 16.7 Å². The predicted molar refractivity (Wildman–Crippen MR) is 108 cm³/mol. The van der Waals surface area contributed by atoms with Crippen molar-refractivity contribution in [1.29, 1.82) is 5.26 Å². The molecule has 1 aliphatic rings. The third-order valence-corrected chi connectivity index (χ3v) is 5.72. The molecule has 0 saturated carbocycles. The van der Waals surface area contributed by atoms with Crippen LogP contribution in [0.5, 0.6) is 0 Å². The van der Waals surface area contributed by atoms with Crippen molar-refractivity contribution in [2.45, 2.75) is 51.1 Å². The van der Waals surface area contributed by atoms with Gasteiger partial charge >= 0.3 is 0 Å². The van der Waals surface area contributed by atoms with Gasteiger partial charge in [-0.05, 0) is 36.1 Å². The van der Waals surface area contributed by atoms with Crippen LogP contribution in [-0.2, 0) is 16.0 Å². The number of carbonyl (C=O) groups is 2. The van der Waals surface area contributed by atoms with E-state index in [2.05, 4.69) is 16.7 Å². The maximum Gasteiger partial charge on any atom is 0.246 e. The minimum Gasteiger partial charge on any atom is -0.342 e. The van der Waals surface area contributed by atoms with E-state index in [4.69, 9.17) is 0 Å². The molecule has 3 rings (SSSR count). The largest absolute Gasteiger partial charge is 0.342 e. The molecule has 5 nitrogen and oxygen atoms in total. The number of piperazine rings is 1. The first kappa shape index (κ1) is 19.6. The summed E-state index contributed by atoms with van der Waals surface area (Å²) >= 11 is 0. The van der Waals surface area contributed by atoms with Crippen molar-refractivity contribution < 1.29 is 9.59 Å². The van der Waals surface area contributed by atoms with E-state index in [0.29, 0.717) is 18.4 Å². The van der Waals surface area contributed by atoms with Crippen LogP contribution in [-0.4, -0.2) is 23.4 Å². The van der Waals surface area contributed by atoms with Crippen LogP contribution < -0.4 is 10.6 Å². The fourth-order valence-corrected chi connectivity index (χ4v) is 4.06. The lowest BCUT2D eigenvalue weighted by Crippen LogP contribution is -2.70. The zero-order valence-electron chi connectivity index (χ0n) is 16.5. The van der Waals surface area contributed by atoms with Gasteiger partial charge in [-0.25, -0.2) is 0 Å². The minimum absolute atomic E-state index is 0.178. The number of nitrogens with zero attached hydrogens (tertiary/aromatic N) is 1. The van der Waals surface area contributed by atoms with Gasteiger partial charge in [0.1, 0.15) is 11.6 Å². The molecule has 2 amide bonds. The summed E-state index contributed by atoms with van der Waals surface area (Å²) in [6.45, 7) is 5.70. The molecule has 5 heteroatoms. The van der Waals surface area contributed by atoms with Crippen LogP contribution in [0.4, 0.5) is 0 Å². The molecule has 1 aliphatic heterocycles. The quantitative estimate of drug-likeness (QED) is 0.843. The highest BCUT2D eigenvalue weighted by Gasteiger charge is 2.47. The summed E-state index contributed by atoms with van der Waals surface area (Å²) in [5, 5.41) is 15.4. The molecule has 144 valence electrons. The third kappa shape index (κ3) is 3.50. The van der Waals surface area contributed by atoms with Gasteiger partial charge in [0.15, 0.2) is 0 Å². The van der Waals surface area contributed by atoms with Gasteiger partial charge < -0.3 is 10.6 Å². The van der Waals surface area contributed by atoms with Crippen molar-refractivity contribution in [3.8, 4) is 6.07 Å². The number of nitriles is 1. The van der Waals surface area contributed by atoms with E-state index in [1.165, 1.54) is 0 Å². The Balaban J connectivity index is 1.88. The summed E-state index contributed by atoms with van der Waals surface area (Å²) in [6.07, 6.45) is 0.936. The molecule has 1 saturated heterocycles. The Hall–Kier alpha value is -3.13. The molecule has 3 unspecified atom stereocenters. The average Bonchev–Trinajstić information content (AvgIpc) is 2.70. The van der Waals surface area contributed by atoms with Crippen LogP contribution in [0.1, 0.15) is 48.4 Å². The fourth-order valence-electron chi connectivity index (χ4n) is 4.06. The highest BCUT2D eigenvalue weighted by molar-refractivity contribution is 6.00. The molecule has 0 radical (unpaired) electrons. The summed E-state index contributed by atoms with van der Waals surface area (Å²) < 4.78 is 0. The maximum absolute atomic E-state index is 13.1. The van der Waals surface area contributed by atoms with Crippen molar-refractivity contribution in [3.63, 3.8) is 0 Å². The van der Waals surface area contributed by atoms with E-state index in [-0.39, 0.29) is 17.7 Å². The molecule has 2 aromatic rings. The van der Waals surface area contributed by atoms with Crippen LogP contribution in [0.2, 0.25) is 0 Å². The zero-order chi connectivity index (χ0) is 20.3. The van der Waals surface area contributed by atoms with Crippen molar-refractivity contribution in [1.82, 2.24) is 10.6 Å². The van der Waals surface area contributed by atoms with E-state index in [1.54, 1.807) is 6.07 Å². The Labute approximate surface area is 165 Å². The van der Waals surface area contributed by atoms with Crippen molar-refractivity contribution in [2.24, 2.45) is 0 Å². The predicted octanol–water partition coefficient (Wildman–Crippen LogP) is 2.98. The SMILES string of the molecule is CCC1(Cc2ccccc2)NC(=O)C(C(C)c2c(C)cccc2C#N)NC1=O. The molecular weight excluding hydrogens is 350 g/mol. The van der Waals surface area contributed by atoms with Gasteiger partial charge in [0.05, 0.1) is 11.6 Å². The summed E-state index contributed by atoms with van der Waals surface area (Å²) in [6, 6.07) is 16.7. The van der Waals surface area contributed by atoms with E-state index >= 15 is 0 Å². The van der Waals surface area contributed by atoms with Crippen LogP contribution in [0.15, 0.2) is 48.5 Å². The van der Waals surface area contributed by atoms with Gasteiger partial charge in [0.25, 0.3) is 0 Å². The standard InChI is InChI=1S/C23H25N3O2/c1-4-23(13-17-10-6-5-7-11-17)22(28)25-20(21(27)26-23)16(3)19-15(2)9-8-12-18(19)14-24/h5-12,16,20H,4,13H2,1-3H3,(H,25,28)(H,26,27). The van der Waals surface area contributed by atoms with Crippen LogP contribution in [0.3, 0.4) is 0 Å². The first-order valence-electron chi connectivity index (χ1n) is 9.58. The Morgan fingerprint density at radius 3 is 2.50 bits per heavy atom. The second-order valence-corrected chi connectivity index (χ2v) is 7.48. The van der Waals surface area contributed by atoms with Gasteiger partial charge in [0.2, 0.25) is 11.8 Å². The Morgan fingerprint density at radius 1 is 1.14 bits per heavy atom. The number of hydrogen-bond donors (Lipinski definition) is 2. The first-order chi connectivity index (χ1) is 13.4. The minimum atomic E-state index is -0.960. The maximum atomic E-state index is 13.1. The lowest BCUT2D eigenvalue weighted by atomic mass is 9.80. The number of amides is 2. The fraction of sp³-hybridized carbons (Fsp3) is 0.348. The zero-order valence-corrected chi connectivity index (χ0v) is 16.5. The number of nitrogens with one attached hydrogen (secondary N) is 2. The number of hydrogen-bond acceptors (Lipinski definition) is 3. The molecule has 2 aromatic carbocycles. The van der Waals surface area contributed by atoms with Gasteiger partial charge in [-0.3, -0.25) is 9.59 Å². The lowest BCUT2D eigenvalue weighted by molar-refractivity contribution is -0.142. The Bertz CT molecular complexity index is 933. The van der Waals surface area contributed by atoms with Gasteiger partial charge in [-0.1, -0.05) is 56.3 Å². The molecule has 28 heavy (non-hydrogen) atoms. The summed E-state index contributed by atoms with van der Waals surface area (Å²) in [7, 11) is 0. The smallest absolute Gasteiger partial charge is 0.246 e. The topological polar surface area (TPSA) is 82.0 Å². The molecule has 3 atom stereocenters. The van der Waals surface area contributed by atoms with Crippen LogP contribution in [0.25, 0.3) is 0 Å². The van der Waals surface area contributed by atoms with Gasteiger partial charge in [0, 0.05) is 12.3 Å². The van der Waals surface area contributed by atoms with E-state index < -0.39 is 11.6 Å². The second kappa shape index (κ2) is 7.85. The van der Waals surface area contributed by atoms with Gasteiger partial charge in [-0.15, -0.1) is 0 Å². The first-order valence-corrected chi connectivity index (χ1v) is 9.58. The van der Waals surface area contributed by atoms with Crippen molar-refractivity contribution in [2.75, 3.05) is 0 Å². The normalized spacial score (nSPS) is 22.7. The Kier molecular flexibility index (Phi) is 5.51. The van der Waals surface area contributed by atoms with E-state index in [1.807, 2.05) is 63.2 Å². The molecular formula is C23H25N3O2. The van der Waals surface area contributed by atoms with Crippen LogP contribution >= 0.6 is 0 Å². The van der Waals surface area contributed by atoms with Gasteiger partial charge in [-0.2, -0.15) is 5.26 Å². The number of benzene rings is 2. The van der Waals surface area contributed by atoms with Crippen LogP contribution in [0, 0.1) is 18.3 Å². The monoisotopic (exact) mass is 375 g/mol. The number of rotatable bonds is 5. The highest BCUT2D eigenvalue weighted by atomic mass is 16.2. The van der Waals surface area contributed by atoms with Crippen molar-refractivity contribution >= 4 is 11.8 Å². The van der Waals surface area contributed by atoms with Crippen molar-refractivity contribution in [3.05, 3.63) is 70.8 Å². The molecule has 0 aromatic heterocycles.